The Morgan fingerprint density at radius 1 is 1.39 bits per heavy atom. The smallest absolute Gasteiger partial charge is 0.154 e. The highest BCUT2D eigenvalue weighted by Crippen LogP contribution is 2.34. The molecule has 2 rings (SSSR count). The molecule has 0 saturated heterocycles. The van der Waals surface area contributed by atoms with Gasteiger partial charge < -0.3 is 10.5 Å². The van der Waals surface area contributed by atoms with Gasteiger partial charge in [-0.2, -0.15) is 0 Å². The lowest BCUT2D eigenvalue weighted by atomic mass is 9.94. The Labute approximate surface area is 108 Å². The van der Waals surface area contributed by atoms with Gasteiger partial charge in [-0.05, 0) is 31.0 Å². The van der Waals surface area contributed by atoms with E-state index >= 15 is 0 Å². The van der Waals surface area contributed by atoms with E-state index in [-0.39, 0.29) is 0 Å². The monoisotopic (exact) mass is 269 g/mol. The van der Waals surface area contributed by atoms with Crippen LogP contribution in [0.25, 0.3) is 0 Å². The van der Waals surface area contributed by atoms with E-state index in [0.717, 1.165) is 23.3 Å². The fourth-order valence-corrected chi connectivity index (χ4v) is 2.63. The lowest BCUT2D eigenvalue weighted by Crippen LogP contribution is -2.42. The molecule has 0 aliphatic carbocycles. The molecule has 5 heteroatoms. The van der Waals surface area contributed by atoms with E-state index in [9.17, 15) is 8.42 Å². The van der Waals surface area contributed by atoms with Gasteiger partial charge in [-0.25, -0.2) is 8.42 Å². The first-order chi connectivity index (χ1) is 8.23. The average molecular weight is 269 g/mol. The van der Waals surface area contributed by atoms with Crippen LogP contribution in [-0.4, -0.2) is 26.0 Å². The Morgan fingerprint density at radius 3 is 2.67 bits per heavy atom. The maximum atomic E-state index is 11.8. The first kappa shape index (κ1) is 13.4. The van der Waals surface area contributed by atoms with Crippen LogP contribution < -0.4 is 10.5 Å². The van der Waals surface area contributed by atoms with Crippen LogP contribution in [0.2, 0.25) is 0 Å². The highest BCUT2D eigenvalue weighted by Gasteiger charge is 2.38. The number of hydrogen-bond acceptors (Lipinski definition) is 4. The molecule has 0 spiro atoms. The van der Waals surface area contributed by atoms with Crippen molar-refractivity contribution in [2.45, 2.75) is 31.1 Å². The molecule has 1 aromatic carbocycles. The number of benzene rings is 1. The van der Waals surface area contributed by atoms with E-state index in [0.29, 0.717) is 6.61 Å². The molecule has 1 atom stereocenters. The molecule has 0 amide bonds. The van der Waals surface area contributed by atoms with Crippen LogP contribution in [0.15, 0.2) is 18.2 Å². The summed E-state index contributed by atoms with van der Waals surface area (Å²) in [4.78, 5) is 0. The number of hydrogen-bond donors (Lipinski definition) is 1. The standard InChI is InChI=1S/C13H19NO3S/c1-13(2,18(3,15)16)12(14)10-4-5-11-9(8-10)6-7-17-11/h4-5,8,12H,6-7,14H2,1-3H3. The molecule has 0 aromatic heterocycles. The molecule has 1 aliphatic rings. The fraction of sp³-hybridized carbons (Fsp3) is 0.538. The molecular weight excluding hydrogens is 250 g/mol. The van der Waals surface area contributed by atoms with Crippen molar-refractivity contribution in [3.63, 3.8) is 0 Å². The molecule has 18 heavy (non-hydrogen) atoms. The summed E-state index contributed by atoms with van der Waals surface area (Å²) < 4.78 is 28.0. The van der Waals surface area contributed by atoms with E-state index in [2.05, 4.69) is 0 Å². The summed E-state index contributed by atoms with van der Waals surface area (Å²) in [5.41, 5.74) is 8.08. The van der Waals surface area contributed by atoms with Gasteiger partial charge in [0.1, 0.15) is 5.75 Å². The number of sulfone groups is 1. The molecule has 0 radical (unpaired) electrons. The quantitative estimate of drug-likeness (QED) is 0.901. The summed E-state index contributed by atoms with van der Waals surface area (Å²) in [6.07, 6.45) is 2.08. The minimum absolute atomic E-state index is 0.543. The number of fused-ring (bicyclic) bond motifs is 1. The average Bonchev–Trinajstić information content (AvgIpc) is 2.73. The molecule has 2 N–H and O–H groups in total. The third kappa shape index (κ3) is 2.12. The van der Waals surface area contributed by atoms with Crippen molar-refractivity contribution in [2.24, 2.45) is 5.73 Å². The normalized spacial score (nSPS) is 17.1. The van der Waals surface area contributed by atoms with Gasteiger partial charge >= 0.3 is 0 Å². The second-order valence-corrected chi connectivity index (χ2v) is 7.92. The van der Waals surface area contributed by atoms with Crippen LogP contribution in [0.1, 0.15) is 31.0 Å². The Bertz CT molecular complexity index is 564. The maximum Gasteiger partial charge on any atom is 0.154 e. The van der Waals surface area contributed by atoms with Crippen molar-refractivity contribution in [2.75, 3.05) is 12.9 Å². The first-order valence-corrected chi connectivity index (χ1v) is 7.83. The second-order valence-electron chi connectivity index (χ2n) is 5.32. The summed E-state index contributed by atoms with van der Waals surface area (Å²) >= 11 is 0. The van der Waals surface area contributed by atoms with Gasteiger partial charge in [0.2, 0.25) is 0 Å². The third-order valence-electron chi connectivity index (χ3n) is 3.78. The molecule has 1 aliphatic heterocycles. The van der Waals surface area contributed by atoms with Crippen LogP contribution in [0.5, 0.6) is 5.75 Å². The lowest BCUT2D eigenvalue weighted by molar-refractivity contribution is 0.356. The van der Waals surface area contributed by atoms with Gasteiger partial charge in [0, 0.05) is 18.7 Å². The van der Waals surface area contributed by atoms with Crippen LogP contribution in [0, 0.1) is 0 Å². The van der Waals surface area contributed by atoms with Crippen molar-refractivity contribution in [3.05, 3.63) is 29.3 Å². The molecule has 4 nitrogen and oxygen atoms in total. The van der Waals surface area contributed by atoms with Crippen LogP contribution >= 0.6 is 0 Å². The molecular formula is C13H19NO3S. The molecule has 1 aromatic rings. The van der Waals surface area contributed by atoms with Crippen molar-refractivity contribution in [1.29, 1.82) is 0 Å². The Morgan fingerprint density at radius 2 is 2.06 bits per heavy atom. The Balaban J connectivity index is 2.38. The zero-order valence-corrected chi connectivity index (χ0v) is 11.8. The lowest BCUT2D eigenvalue weighted by Gasteiger charge is -2.30. The van der Waals surface area contributed by atoms with Gasteiger partial charge in [-0.3, -0.25) is 0 Å². The van der Waals surface area contributed by atoms with Crippen molar-refractivity contribution in [1.82, 2.24) is 0 Å². The fourth-order valence-electron chi connectivity index (χ4n) is 2.03. The summed E-state index contributed by atoms with van der Waals surface area (Å²) in [6, 6.07) is 5.13. The Hall–Kier alpha value is -1.07. The Kier molecular flexibility index (Phi) is 3.15. The van der Waals surface area contributed by atoms with E-state index < -0.39 is 20.6 Å². The number of ether oxygens (including phenoxy) is 1. The van der Waals surface area contributed by atoms with Gasteiger partial charge in [0.05, 0.1) is 11.4 Å². The summed E-state index contributed by atoms with van der Waals surface area (Å²) in [6.45, 7) is 4.01. The van der Waals surface area contributed by atoms with Crippen molar-refractivity contribution in [3.8, 4) is 5.75 Å². The van der Waals surface area contributed by atoms with E-state index in [1.165, 1.54) is 6.26 Å². The van der Waals surface area contributed by atoms with Crippen LogP contribution in [0.3, 0.4) is 0 Å². The van der Waals surface area contributed by atoms with E-state index in [1.54, 1.807) is 13.8 Å². The van der Waals surface area contributed by atoms with Gasteiger partial charge in [0.25, 0.3) is 0 Å². The zero-order chi connectivity index (χ0) is 13.6. The predicted molar refractivity (Wildman–Crippen MR) is 71.5 cm³/mol. The summed E-state index contributed by atoms with van der Waals surface area (Å²) in [7, 11) is -3.22. The van der Waals surface area contributed by atoms with Crippen molar-refractivity contribution >= 4 is 9.84 Å². The maximum absolute atomic E-state index is 11.8. The van der Waals surface area contributed by atoms with Crippen molar-refractivity contribution < 1.29 is 13.2 Å². The van der Waals surface area contributed by atoms with Crippen LogP contribution in [-0.2, 0) is 16.3 Å². The first-order valence-electron chi connectivity index (χ1n) is 5.94. The SMILES string of the molecule is CC(C)(C(N)c1ccc2c(c1)CCO2)S(C)(=O)=O. The van der Waals surface area contributed by atoms with Gasteiger partial charge in [-0.1, -0.05) is 12.1 Å². The van der Waals surface area contributed by atoms with E-state index in [1.807, 2.05) is 18.2 Å². The number of nitrogens with two attached hydrogens (primary N) is 1. The predicted octanol–water partition coefficient (Wildman–Crippen LogP) is 1.44. The highest BCUT2D eigenvalue weighted by atomic mass is 32.2. The molecule has 1 heterocycles. The third-order valence-corrected chi connectivity index (χ3v) is 5.94. The topological polar surface area (TPSA) is 69.4 Å². The number of rotatable bonds is 3. The van der Waals surface area contributed by atoms with Crippen LogP contribution in [0.4, 0.5) is 0 Å². The second kappa shape index (κ2) is 4.24. The zero-order valence-electron chi connectivity index (χ0n) is 10.9. The molecule has 1 unspecified atom stereocenters. The molecule has 0 bridgehead atoms. The molecule has 100 valence electrons. The minimum atomic E-state index is -3.22. The molecule has 0 saturated carbocycles. The largest absolute Gasteiger partial charge is 0.493 e. The summed E-state index contributed by atoms with van der Waals surface area (Å²) in [5, 5.41) is 0. The van der Waals surface area contributed by atoms with Gasteiger partial charge in [0.15, 0.2) is 9.84 Å². The summed E-state index contributed by atoms with van der Waals surface area (Å²) in [5.74, 6) is 0.878. The van der Waals surface area contributed by atoms with E-state index in [4.69, 9.17) is 10.5 Å². The van der Waals surface area contributed by atoms with Gasteiger partial charge in [-0.15, -0.1) is 0 Å². The minimum Gasteiger partial charge on any atom is -0.493 e. The highest BCUT2D eigenvalue weighted by molar-refractivity contribution is 7.92. The molecule has 0 fully saturated rings.